The van der Waals surface area contributed by atoms with Crippen LogP contribution in [0.1, 0.15) is 16.1 Å². The summed E-state index contributed by atoms with van der Waals surface area (Å²) < 4.78 is 14.9. The Morgan fingerprint density at radius 3 is 2.50 bits per heavy atom. The molecule has 0 atom stereocenters. The number of hydrogen-bond donors (Lipinski definition) is 0. The van der Waals surface area contributed by atoms with E-state index in [1.807, 2.05) is 18.2 Å². The molecular formula is C19H12FN3O. The zero-order valence-electron chi connectivity index (χ0n) is 12.6. The Kier molecular flexibility index (Phi) is 3.39. The van der Waals surface area contributed by atoms with Crippen molar-refractivity contribution in [3.8, 4) is 11.3 Å². The predicted octanol–water partition coefficient (Wildman–Crippen LogP) is 3.77. The van der Waals surface area contributed by atoms with E-state index in [4.69, 9.17) is 0 Å². The summed E-state index contributed by atoms with van der Waals surface area (Å²) in [5.74, 6) is -0.545. The molecule has 1 aromatic carbocycles. The van der Waals surface area contributed by atoms with Gasteiger partial charge in [-0.2, -0.15) is 5.10 Å². The summed E-state index contributed by atoms with van der Waals surface area (Å²) in [6, 6.07) is 16.7. The number of carbonyl (C=O) groups excluding carboxylic acids is 1. The first kappa shape index (κ1) is 14.3. The van der Waals surface area contributed by atoms with Crippen molar-refractivity contribution in [3.05, 3.63) is 90.1 Å². The fourth-order valence-electron chi connectivity index (χ4n) is 2.66. The Balaban J connectivity index is 1.97. The van der Waals surface area contributed by atoms with Crippen LogP contribution in [0.4, 0.5) is 4.39 Å². The molecular weight excluding hydrogens is 305 g/mol. The topological polar surface area (TPSA) is 47.3 Å². The van der Waals surface area contributed by atoms with Gasteiger partial charge in [0.25, 0.3) is 0 Å². The molecule has 0 radical (unpaired) electrons. The van der Waals surface area contributed by atoms with Crippen molar-refractivity contribution in [1.29, 1.82) is 0 Å². The molecule has 0 N–H and O–H groups in total. The van der Waals surface area contributed by atoms with Crippen molar-refractivity contribution in [1.82, 2.24) is 14.6 Å². The Morgan fingerprint density at radius 1 is 0.958 bits per heavy atom. The van der Waals surface area contributed by atoms with Crippen LogP contribution in [0, 0.1) is 5.82 Å². The molecule has 0 saturated carbocycles. The normalized spacial score (nSPS) is 10.9. The number of hydrogen-bond acceptors (Lipinski definition) is 3. The van der Waals surface area contributed by atoms with Crippen molar-refractivity contribution < 1.29 is 9.18 Å². The fraction of sp³-hybridized carbons (Fsp3) is 0. The number of rotatable bonds is 3. The summed E-state index contributed by atoms with van der Waals surface area (Å²) in [6.07, 6.45) is 3.36. The van der Waals surface area contributed by atoms with Gasteiger partial charge < -0.3 is 0 Å². The van der Waals surface area contributed by atoms with Gasteiger partial charge in [-0.3, -0.25) is 9.78 Å². The van der Waals surface area contributed by atoms with E-state index in [1.54, 1.807) is 47.2 Å². The average molecular weight is 317 g/mol. The van der Waals surface area contributed by atoms with Gasteiger partial charge in [0, 0.05) is 18.0 Å². The third-order valence-electron chi connectivity index (χ3n) is 3.78. The maximum Gasteiger partial charge on any atom is 0.215 e. The van der Waals surface area contributed by atoms with Crippen LogP contribution in [-0.2, 0) is 0 Å². The third-order valence-corrected chi connectivity index (χ3v) is 3.78. The second-order valence-corrected chi connectivity index (χ2v) is 5.31. The molecule has 3 aromatic heterocycles. The number of carbonyl (C=O) groups is 1. The van der Waals surface area contributed by atoms with Crippen LogP contribution in [0.25, 0.3) is 16.8 Å². The molecule has 0 unspecified atom stereocenters. The summed E-state index contributed by atoms with van der Waals surface area (Å²) in [4.78, 5) is 17.1. The number of ketones is 1. The molecule has 4 rings (SSSR count). The van der Waals surface area contributed by atoms with Crippen LogP contribution in [0.3, 0.4) is 0 Å². The van der Waals surface area contributed by atoms with E-state index in [9.17, 15) is 9.18 Å². The van der Waals surface area contributed by atoms with Gasteiger partial charge in [0.2, 0.25) is 5.78 Å². The Morgan fingerprint density at radius 2 is 1.75 bits per heavy atom. The van der Waals surface area contributed by atoms with E-state index in [1.165, 1.54) is 12.1 Å². The smallest absolute Gasteiger partial charge is 0.215 e. The Hall–Kier alpha value is -3.34. The molecule has 4 nitrogen and oxygen atoms in total. The van der Waals surface area contributed by atoms with Crippen LogP contribution in [0.5, 0.6) is 0 Å². The lowest BCUT2D eigenvalue weighted by atomic mass is 10.0. The lowest BCUT2D eigenvalue weighted by Crippen LogP contribution is -2.04. The van der Waals surface area contributed by atoms with Crippen molar-refractivity contribution in [2.45, 2.75) is 0 Å². The van der Waals surface area contributed by atoms with Gasteiger partial charge in [-0.05, 0) is 48.5 Å². The van der Waals surface area contributed by atoms with E-state index in [0.717, 1.165) is 0 Å². The minimum atomic E-state index is -0.333. The van der Waals surface area contributed by atoms with Gasteiger partial charge in [0.05, 0.1) is 11.1 Å². The molecule has 0 aliphatic carbocycles. The first-order chi connectivity index (χ1) is 11.7. The molecule has 0 spiro atoms. The van der Waals surface area contributed by atoms with Gasteiger partial charge in [0.15, 0.2) is 0 Å². The van der Waals surface area contributed by atoms with E-state index in [2.05, 4.69) is 10.1 Å². The standard InChI is InChI=1S/C19H12FN3O/c20-14-9-7-13(8-10-14)18-17(16-6-2-4-12-23(16)22-18)19(24)15-5-1-3-11-21-15/h1-12H. The molecule has 0 saturated heterocycles. The number of nitrogens with zero attached hydrogens (tertiary/aromatic N) is 3. The van der Waals surface area contributed by atoms with Gasteiger partial charge in [0.1, 0.15) is 17.2 Å². The van der Waals surface area contributed by atoms with E-state index in [0.29, 0.717) is 28.0 Å². The summed E-state index contributed by atoms with van der Waals surface area (Å²) in [7, 11) is 0. The molecule has 0 bridgehead atoms. The molecule has 0 amide bonds. The quantitative estimate of drug-likeness (QED) is 0.540. The van der Waals surface area contributed by atoms with Crippen molar-refractivity contribution in [3.63, 3.8) is 0 Å². The molecule has 24 heavy (non-hydrogen) atoms. The highest BCUT2D eigenvalue weighted by atomic mass is 19.1. The number of fused-ring (bicyclic) bond motifs is 1. The first-order valence-corrected chi connectivity index (χ1v) is 7.43. The SMILES string of the molecule is O=C(c1ccccn1)c1c(-c2ccc(F)cc2)nn2ccccc12. The lowest BCUT2D eigenvalue weighted by Gasteiger charge is -2.03. The van der Waals surface area contributed by atoms with Crippen LogP contribution in [0.2, 0.25) is 0 Å². The summed E-state index contributed by atoms with van der Waals surface area (Å²) in [5.41, 5.74) is 2.68. The highest BCUT2D eigenvalue weighted by Crippen LogP contribution is 2.28. The van der Waals surface area contributed by atoms with E-state index >= 15 is 0 Å². The van der Waals surface area contributed by atoms with Crippen LogP contribution in [0.15, 0.2) is 73.1 Å². The van der Waals surface area contributed by atoms with Gasteiger partial charge >= 0.3 is 0 Å². The van der Waals surface area contributed by atoms with Crippen LogP contribution in [-0.4, -0.2) is 20.4 Å². The third kappa shape index (κ3) is 2.36. The van der Waals surface area contributed by atoms with Crippen LogP contribution < -0.4 is 0 Å². The highest BCUT2D eigenvalue weighted by molar-refractivity contribution is 6.15. The average Bonchev–Trinajstić information content (AvgIpc) is 3.02. The van der Waals surface area contributed by atoms with Crippen molar-refractivity contribution in [2.24, 2.45) is 0 Å². The van der Waals surface area contributed by atoms with Gasteiger partial charge in [-0.1, -0.05) is 12.1 Å². The number of halogens is 1. The second-order valence-electron chi connectivity index (χ2n) is 5.31. The summed E-state index contributed by atoms with van der Waals surface area (Å²) >= 11 is 0. The zero-order chi connectivity index (χ0) is 16.5. The fourth-order valence-corrected chi connectivity index (χ4v) is 2.66. The largest absolute Gasteiger partial charge is 0.287 e. The molecule has 0 fully saturated rings. The van der Waals surface area contributed by atoms with Crippen molar-refractivity contribution in [2.75, 3.05) is 0 Å². The number of aromatic nitrogens is 3. The minimum absolute atomic E-state index is 0.212. The van der Waals surface area contributed by atoms with Gasteiger partial charge in [-0.15, -0.1) is 0 Å². The number of benzene rings is 1. The molecule has 4 aromatic rings. The van der Waals surface area contributed by atoms with Crippen molar-refractivity contribution >= 4 is 11.3 Å². The number of pyridine rings is 2. The van der Waals surface area contributed by atoms with Gasteiger partial charge in [-0.25, -0.2) is 8.91 Å². The van der Waals surface area contributed by atoms with Crippen LogP contribution >= 0.6 is 0 Å². The van der Waals surface area contributed by atoms with E-state index in [-0.39, 0.29) is 11.6 Å². The first-order valence-electron chi connectivity index (χ1n) is 7.43. The summed E-state index contributed by atoms with van der Waals surface area (Å²) in [5, 5.41) is 4.50. The molecule has 5 heteroatoms. The monoisotopic (exact) mass is 317 g/mol. The molecule has 3 heterocycles. The Labute approximate surface area is 137 Å². The molecule has 0 aliphatic heterocycles. The predicted molar refractivity (Wildman–Crippen MR) is 88.3 cm³/mol. The highest BCUT2D eigenvalue weighted by Gasteiger charge is 2.22. The minimum Gasteiger partial charge on any atom is -0.287 e. The lowest BCUT2D eigenvalue weighted by molar-refractivity contribution is 0.103. The Bertz CT molecular complexity index is 1020. The maximum absolute atomic E-state index is 13.2. The summed E-state index contributed by atoms with van der Waals surface area (Å²) in [6.45, 7) is 0. The zero-order valence-corrected chi connectivity index (χ0v) is 12.6. The molecule has 116 valence electrons. The van der Waals surface area contributed by atoms with E-state index < -0.39 is 0 Å². The second kappa shape index (κ2) is 5.70. The molecule has 0 aliphatic rings. The maximum atomic E-state index is 13.2.